The van der Waals surface area contributed by atoms with Gasteiger partial charge in [-0.15, -0.1) is 5.73 Å². The summed E-state index contributed by atoms with van der Waals surface area (Å²) in [5.41, 5.74) is 19.5. The van der Waals surface area contributed by atoms with E-state index in [0.717, 1.165) is 83.6 Å². The minimum absolute atomic E-state index is 0.0232. The summed E-state index contributed by atoms with van der Waals surface area (Å²) in [5, 5.41) is 2.13. The molecule has 0 radical (unpaired) electrons. The maximum Gasteiger partial charge on any atom is 0.227 e. The second-order valence-corrected chi connectivity index (χ2v) is 16.2. The monoisotopic (exact) mass is 810 g/mol. The van der Waals surface area contributed by atoms with Crippen LogP contribution in [-0.4, -0.2) is 9.97 Å². The predicted molar refractivity (Wildman–Crippen MR) is 252 cm³/mol. The van der Waals surface area contributed by atoms with E-state index in [1.54, 1.807) is 0 Å². The Labute approximate surface area is 363 Å². The minimum atomic E-state index is -0.0238. The van der Waals surface area contributed by atoms with Gasteiger partial charge in [-0.2, -0.15) is 0 Å². The molecule has 0 spiro atoms. The molecule has 0 aliphatic heterocycles. The second-order valence-electron chi connectivity index (χ2n) is 16.2. The summed E-state index contributed by atoms with van der Waals surface area (Å²) in [7, 11) is 0. The molecule has 5 nitrogen and oxygen atoms in total. The molecule has 9 aromatic rings. The van der Waals surface area contributed by atoms with E-state index in [1.165, 1.54) is 22.3 Å². The van der Waals surface area contributed by atoms with Gasteiger partial charge >= 0.3 is 0 Å². The van der Waals surface area contributed by atoms with Crippen LogP contribution in [0.2, 0.25) is 0 Å². The van der Waals surface area contributed by atoms with Crippen LogP contribution >= 0.6 is 0 Å². The van der Waals surface area contributed by atoms with Crippen LogP contribution in [0.1, 0.15) is 40.5 Å². The number of para-hydroxylation sites is 4. The summed E-state index contributed by atoms with van der Waals surface area (Å²) in [6.07, 6.45) is 22.9. The summed E-state index contributed by atoms with van der Waals surface area (Å²) in [5.74, 6) is 1.19. The lowest BCUT2D eigenvalue weighted by atomic mass is 9.83. The molecule has 2 bridgehead atoms. The van der Waals surface area contributed by atoms with Crippen LogP contribution in [0.3, 0.4) is 0 Å². The van der Waals surface area contributed by atoms with Crippen molar-refractivity contribution in [1.29, 1.82) is 0 Å². The highest BCUT2D eigenvalue weighted by atomic mass is 16.4. The van der Waals surface area contributed by atoms with Gasteiger partial charge in [0, 0.05) is 44.7 Å². The maximum absolute atomic E-state index is 6.80. The highest BCUT2D eigenvalue weighted by Crippen LogP contribution is 2.38. The Kier molecular flexibility index (Phi) is 8.91. The van der Waals surface area contributed by atoms with Gasteiger partial charge in [0.05, 0.1) is 0 Å². The molecule has 3 aliphatic carbocycles. The fourth-order valence-electron chi connectivity index (χ4n) is 9.10. The van der Waals surface area contributed by atoms with E-state index >= 15 is 0 Å². The first kappa shape index (κ1) is 36.6. The largest absolute Gasteiger partial charge is 0.456 e. The molecule has 2 unspecified atom stereocenters. The number of aromatic nitrogens is 2. The molecule has 0 saturated carbocycles. The number of fused-ring (bicyclic) bond motifs is 5. The number of hydrogen-bond acceptors (Lipinski definition) is 5. The third-order valence-corrected chi connectivity index (χ3v) is 12.1. The van der Waals surface area contributed by atoms with Gasteiger partial charge in [-0.3, -0.25) is 0 Å². The van der Waals surface area contributed by atoms with Crippen molar-refractivity contribution in [1.82, 2.24) is 9.97 Å². The Hall–Kier alpha value is -8.24. The smallest absolute Gasteiger partial charge is 0.227 e. The zero-order valence-corrected chi connectivity index (χ0v) is 34.1. The van der Waals surface area contributed by atoms with E-state index in [2.05, 4.69) is 164 Å². The number of hydrogen-bond donors (Lipinski definition) is 0. The summed E-state index contributed by atoms with van der Waals surface area (Å²) in [6.45, 7) is 0. The molecule has 3 aromatic heterocycles. The number of furan rings is 1. The molecule has 0 amide bonds. The molecule has 63 heavy (non-hydrogen) atoms. The van der Waals surface area contributed by atoms with Gasteiger partial charge < -0.3 is 13.3 Å². The summed E-state index contributed by atoms with van der Waals surface area (Å²) < 4.78 is 19.0. The lowest BCUT2D eigenvalue weighted by Crippen LogP contribution is -2.19. The highest BCUT2D eigenvalue weighted by molar-refractivity contribution is 5.84. The van der Waals surface area contributed by atoms with Crippen LogP contribution in [0.15, 0.2) is 235 Å². The Morgan fingerprint density at radius 3 is 1.78 bits per heavy atom. The lowest BCUT2D eigenvalue weighted by molar-refractivity contribution is 0.575. The summed E-state index contributed by atoms with van der Waals surface area (Å²) in [4.78, 5) is 9.47. The lowest BCUT2D eigenvalue weighted by Gasteiger charge is -2.20. The van der Waals surface area contributed by atoms with Crippen molar-refractivity contribution in [3.05, 3.63) is 255 Å². The summed E-state index contributed by atoms with van der Waals surface area (Å²) >= 11 is 0. The number of nitrogens with zero attached hydrogens (tertiary/aromatic N) is 2. The zero-order chi connectivity index (χ0) is 41.7. The van der Waals surface area contributed by atoms with Crippen LogP contribution in [0.4, 0.5) is 0 Å². The number of allylic oxidation sites excluding steroid dienone is 11. The van der Waals surface area contributed by atoms with Crippen LogP contribution in [-0.2, 0) is 0 Å². The van der Waals surface area contributed by atoms with E-state index in [-0.39, 0.29) is 11.8 Å². The highest BCUT2D eigenvalue weighted by Gasteiger charge is 2.23. The van der Waals surface area contributed by atoms with Gasteiger partial charge in [0.1, 0.15) is 22.0 Å². The average Bonchev–Trinajstić information content (AvgIpc) is 3.89. The topological polar surface area (TPSA) is 65.2 Å². The fraction of sp³-hybridized carbons (Fsp3) is 0.0517. The van der Waals surface area contributed by atoms with Crippen molar-refractivity contribution in [3.8, 4) is 22.9 Å². The van der Waals surface area contributed by atoms with Crippen molar-refractivity contribution in [2.45, 2.75) is 18.3 Å². The molecular formula is C58H38N2O3. The van der Waals surface area contributed by atoms with Crippen molar-refractivity contribution < 1.29 is 13.3 Å². The van der Waals surface area contributed by atoms with Crippen molar-refractivity contribution in [2.75, 3.05) is 0 Å². The van der Waals surface area contributed by atoms with Crippen LogP contribution in [0.25, 0.3) is 68.2 Å². The van der Waals surface area contributed by atoms with Gasteiger partial charge in [0.25, 0.3) is 0 Å². The molecule has 5 heteroatoms. The van der Waals surface area contributed by atoms with Gasteiger partial charge in [0.2, 0.25) is 11.8 Å². The third-order valence-electron chi connectivity index (χ3n) is 12.1. The third kappa shape index (κ3) is 6.87. The minimum Gasteiger partial charge on any atom is -0.456 e. The number of oxazole rings is 2. The molecular weight excluding hydrogens is 773 g/mol. The van der Waals surface area contributed by atoms with E-state index < -0.39 is 0 Å². The Morgan fingerprint density at radius 1 is 0.476 bits per heavy atom. The van der Waals surface area contributed by atoms with E-state index in [1.807, 2.05) is 48.5 Å². The molecule has 3 heterocycles. The average molecular weight is 811 g/mol. The standard InChI is InChI=1S/C58H38N2O3/c1-2-5-13-40(12-4-1)56(42-24-28-44(29-25-42)58-60-50-17-9-11-19-52(50)63-58)46-30-31-47-48-34-37-20-21-45(33-38(32-37)35-53(48)61-54(47)36-46)55(39-14-6-3-7-15-39)41-22-26-43(27-23-41)57-59-49-16-8-10-18-51(49)62-57/h1,3-31,33-36,55-56H,2H2. The van der Waals surface area contributed by atoms with Crippen molar-refractivity contribution in [2.24, 2.45) is 0 Å². The van der Waals surface area contributed by atoms with E-state index in [4.69, 9.17) is 23.2 Å². The Balaban J connectivity index is 0.900. The molecule has 0 saturated heterocycles. The van der Waals surface area contributed by atoms with Gasteiger partial charge in [-0.1, -0.05) is 127 Å². The van der Waals surface area contributed by atoms with Gasteiger partial charge in [0.15, 0.2) is 11.2 Å². The molecule has 3 aliphatic rings. The SMILES string of the molecule is C1=C2C=C(C(c3ccccc3)c3ccc(-c4nc5ccccc5o4)cc3)C=CC=1C=c1c(oc3cc(C(C4=CC=CCC=C4)c4ccc(-c5nc6ccccc6o5)cc4)ccc13)=C2. The van der Waals surface area contributed by atoms with E-state index in [9.17, 15) is 0 Å². The Bertz CT molecular complexity index is 3550. The zero-order valence-electron chi connectivity index (χ0n) is 34.1. The van der Waals surface area contributed by atoms with Gasteiger partial charge in [-0.05, 0) is 119 Å². The summed E-state index contributed by atoms with van der Waals surface area (Å²) in [6, 6.07) is 50.3. The van der Waals surface area contributed by atoms with Crippen LogP contribution in [0, 0.1) is 0 Å². The molecule has 12 rings (SSSR count). The first-order chi connectivity index (χ1) is 31.2. The molecule has 2 atom stereocenters. The molecule has 6 aromatic carbocycles. The van der Waals surface area contributed by atoms with Gasteiger partial charge in [-0.25, -0.2) is 9.97 Å². The predicted octanol–water partition coefficient (Wildman–Crippen LogP) is 13.0. The molecule has 0 fully saturated rings. The molecule has 0 N–H and O–H groups in total. The fourth-order valence-corrected chi connectivity index (χ4v) is 9.10. The van der Waals surface area contributed by atoms with Crippen molar-refractivity contribution >= 4 is 45.3 Å². The van der Waals surface area contributed by atoms with Crippen LogP contribution < -0.4 is 10.6 Å². The second kappa shape index (κ2) is 15.3. The Morgan fingerprint density at radius 2 is 1.10 bits per heavy atom. The first-order valence-electron chi connectivity index (χ1n) is 21.3. The normalized spacial score (nSPS) is 15.3. The first-order valence-corrected chi connectivity index (χ1v) is 21.3. The van der Waals surface area contributed by atoms with Crippen molar-refractivity contribution in [3.63, 3.8) is 0 Å². The number of rotatable bonds is 8. The van der Waals surface area contributed by atoms with Crippen LogP contribution in [0.5, 0.6) is 0 Å². The number of benzene rings is 6. The van der Waals surface area contributed by atoms with E-state index in [0.29, 0.717) is 11.8 Å². The maximum atomic E-state index is 6.80. The molecule has 298 valence electrons. The quantitative estimate of drug-likeness (QED) is 0.143.